The summed E-state index contributed by atoms with van der Waals surface area (Å²) < 4.78 is 0. The molecule has 0 unspecified atom stereocenters. The highest BCUT2D eigenvalue weighted by molar-refractivity contribution is 4.82. The monoisotopic (exact) mass is 937 g/mol. The lowest BCUT2D eigenvalue weighted by Gasteiger charge is -2.37. The van der Waals surface area contributed by atoms with E-state index in [4.69, 9.17) is 17.3 Å². The van der Waals surface area contributed by atoms with Crippen LogP contribution in [-0.4, -0.2) is 264 Å². The molecule has 4 saturated carbocycles. The van der Waals surface area contributed by atoms with Crippen LogP contribution in [0.3, 0.4) is 0 Å². The molecule has 0 aromatic carbocycles. The minimum absolute atomic E-state index is 0.548. The smallest absolute Gasteiger partial charge is 0.0429 e. The first-order valence-electron chi connectivity index (χ1n) is 27.5. The molecular formula is C48H108N18. The molecule has 15 N–H and O–H groups in total. The summed E-state index contributed by atoms with van der Waals surface area (Å²) in [5, 5.41) is 34.6. The Morgan fingerprint density at radius 2 is 0.742 bits per heavy atom. The number of nitrogens with two attached hydrogens (primary N) is 3. The Morgan fingerprint density at radius 1 is 0.364 bits per heavy atom. The van der Waals surface area contributed by atoms with Gasteiger partial charge in [-0.2, -0.15) is 0 Å². The molecule has 0 bridgehead atoms. The highest BCUT2D eigenvalue weighted by atomic mass is 15.4. The third-order valence-electron chi connectivity index (χ3n) is 14.8. The molecule has 390 valence electrons. The fraction of sp³-hybridized carbons (Fsp3) is 1.00. The predicted molar refractivity (Wildman–Crippen MR) is 279 cm³/mol. The fourth-order valence-corrected chi connectivity index (χ4v) is 9.18. The molecule has 4 fully saturated rings. The van der Waals surface area contributed by atoms with Crippen molar-refractivity contribution < 1.29 is 0 Å². The summed E-state index contributed by atoms with van der Waals surface area (Å²) in [4.78, 5) is 13.2. The lowest BCUT2D eigenvalue weighted by molar-refractivity contribution is 0.128. The van der Waals surface area contributed by atoms with Gasteiger partial charge in [0.2, 0.25) is 0 Å². The van der Waals surface area contributed by atoms with Gasteiger partial charge < -0.3 is 59.3 Å². The van der Waals surface area contributed by atoms with Gasteiger partial charge in [0.1, 0.15) is 0 Å². The number of hydrogen-bond acceptors (Lipinski definition) is 18. The molecule has 18 nitrogen and oxygen atoms in total. The minimum Gasteiger partial charge on any atom is -0.329 e. The summed E-state index contributed by atoms with van der Waals surface area (Å²) in [6.07, 6.45) is 16.3. The number of likely N-dealkylation sites (N-methyl/N-ethyl adjacent to an activating group) is 1. The quantitative estimate of drug-likeness (QED) is 0.0134. The van der Waals surface area contributed by atoms with E-state index in [0.717, 1.165) is 214 Å². The molecular weight excluding hydrogens is 829 g/mol. The Balaban J connectivity index is 1.15. The third kappa shape index (κ3) is 27.6. The van der Waals surface area contributed by atoms with Gasteiger partial charge in [-0.15, -0.1) is 0 Å². The summed E-state index contributed by atoms with van der Waals surface area (Å²) in [7, 11) is 2.07. The van der Waals surface area contributed by atoms with Gasteiger partial charge in [-0.05, 0) is 58.4 Å². The van der Waals surface area contributed by atoms with Gasteiger partial charge in [0.15, 0.2) is 0 Å². The average Bonchev–Trinajstić information content (AvgIpc) is 3.25. The van der Waals surface area contributed by atoms with Gasteiger partial charge in [-0.3, -0.25) is 30.3 Å². The zero-order valence-electron chi connectivity index (χ0n) is 42.6. The number of nitrogens with zero attached hydrogens (tertiary/aromatic N) is 6. The molecule has 0 radical (unpaired) electrons. The van der Waals surface area contributed by atoms with Crippen LogP contribution >= 0.6 is 0 Å². The molecule has 0 aliphatic heterocycles. The van der Waals surface area contributed by atoms with Crippen molar-refractivity contribution in [2.45, 2.75) is 101 Å². The first-order chi connectivity index (χ1) is 32.6. The summed E-state index contributed by atoms with van der Waals surface area (Å²) in [5.41, 5.74) is 11.9. The van der Waals surface area contributed by atoms with Crippen LogP contribution in [0.4, 0.5) is 0 Å². The van der Waals surface area contributed by atoms with Crippen molar-refractivity contribution in [3.05, 3.63) is 0 Å². The highest BCUT2D eigenvalue weighted by Gasteiger charge is 2.24. The van der Waals surface area contributed by atoms with Crippen molar-refractivity contribution >= 4 is 0 Å². The molecule has 0 heterocycles. The van der Waals surface area contributed by atoms with E-state index in [9.17, 15) is 0 Å². The topological polar surface area (TPSA) is 206 Å². The van der Waals surface area contributed by atoms with Crippen LogP contribution in [0.2, 0.25) is 0 Å². The fourth-order valence-electron chi connectivity index (χ4n) is 9.18. The van der Waals surface area contributed by atoms with Crippen LogP contribution < -0.4 is 65.2 Å². The van der Waals surface area contributed by atoms with Crippen molar-refractivity contribution in [3.63, 3.8) is 0 Å². The second-order valence-electron chi connectivity index (χ2n) is 19.9. The number of hydrogen-bond donors (Lipinski definition) is 12. The van der Waals surface area contributed by atoms with E-state index in [0.29, 0.717) is 13.2 Å². The van der Waals surface area contributed by atoms with E-state index < -0.39 is 0 Å². The van der Waals surface area contributed by atoms with Crippen LogP contribution in [0.1, 0.15) is 77.0 Å². The van der Waals surface area contributed by atoms with E-state index >= 15 is 0 Å². The zero-order valence-corrected chi connectivity index (χ0v) is 42.6. The lowest BCUT2D eigenvalue weighted by atomic mass is 9.91. The van der Waals surface area contributed by atoms with Gasteiger partial charge >= 0.3 is 0 Å². The molecule has 0 saturated heterocycles. The Hall–Kier alpha value is -0.720. The SMILES string of the molecule is CNCCN(CCNC1CCC1)CCN(CCNC1CCC1)CCN(CCN)CCNCCN(CCNCCN(CCNCN)C1CCC1)CCN(N)CCNCCNCCNC1CCC1. The Kier molecular flexibility index (Phi) is 34.2. The molecule has 0 aromatic rings. The van der Waals surface area contributed by atoms with E-state index in [1.54, 1.807) is 0 Å². The number of hydrazine groups is 1. The highest BCUT2D eigenvalue weighted by Crippen LogP contribution is 2.24. The average molecular weight is 938 g/mol. The van der Waals surface area contributed by atoms with Gasteiger partial charge in [-0.1, -0.05) is 25.7 Å². The van der Waals surface area contributed by atoms with E-state index in [1.807, 2.05) is 5.01 Å². The van der Waals surface area contributed by atoms with Crippen LogP contribution in [0.5, 0.6) is 0 Å². The predicted octanol–water partition coefficient (Wildman–Crippen LogP) is -2.31. The van der Waals surface area contributed by atoms with Crippen LogP contribution in [0.25, 0.3) is 0 Å². The minimum atomic E-state index is 0.548. The maximum absolute atomic E-state index is 6.54. The van der Waals surface area contributed by atoms with Gasteiger partial charge in [0, 0.05) is 227 Å². The Bertz CT molecular complexity index is 1080. The normalized spacial score (nSPS) is 17.5. The molecule has 4 aliphatic carbocycles. The van der Waals surface area contributed by atoms with Gasteiger partial charge in [0.05, 0.1) is 0 Å². The van der Waals surface area contributed by atoms with E-state index in [2.05, 4.69) is 79.4 Å². The van der Waals surface area contributed by atoms with Crippen molar-refractivity contribution in [1.82, 2.24) is 77.4 Å². The lowest BCUT2D eigenvalue weighted by Crippen LogP contribution is -2.48. The molecule has 0 amide bonds. The third-order valence-corrected chi connectivity index (χ3v) is 14.8. The standard InChI is InChI=1S/C48H108N18/c1-52-19-29-62(33-26-59-46-8-3-9-46)39-41-64(34-27-60-47-10-4-11-47)40-38-61(28-14-49)30-20-55-21-31-63(32-22-56-23-35-65(36-24-57-44-50)48-12-5-13-48)42-43-66(51)37-25-54-16-15-53-17-18-58-45-6-2-7-45/h45-48,52-60H,2-44,49-51H2,1H3. The van der Waals surface area contributed by atoms with Crippen LogP contribution in [0.15, 0.2) is 0 Å². The van der Waals surface area contributed by atoms with Crippen LogP contribution in [0, 0.1) is 0 Å². The molecule has 0 aromatic heterocycles. The van der Waals surface area contributed by atoms with E-state index in [-0.39, 0.29) is 0 Å². The first kappa shape index (κ1) is 57.9. The maximum atomic E-state index is 6.54. The molecule has 0 spiro atoms. The molecule has 0 atom stereocenters. The molecule has 18 heteroatoms. The van der Waals surface area contributed by atoms with Crippen molar-refractivity contribution in [2.24, 2.45) is 17.3 Å². The van der Waals surface area contributed by atoms with Crippen molar-refractivity contribution in [3.8, 4) is 0 Å². The van der Waals surface area contributed by atoms with Crippen LogP contribution in [-0.2, 0) is 0 Å². The van der Waals surface area contributed by atoms with Gasteiger partial charge in [0.25, 0.3) is 0 Å². The zero-order chi connectivity index (χ0) is 46.5. The first-order valence-corrected chi connectivity index (χ1v) is 27.5. The Morgan fingerprint density at radius 3 is 1.21 bits per heavy atom. The number of nitrogens with one attached hydrogen (secondary N) is 9. The van der Waals surface area contributed by atoms with Gasteiger partial charge in [-0.25, -0.2) is 5.01 Å². The largest absolute Gasteiger partial charge is 0.329 e. The number of rotatable bonds is 49. The summed E-state index contributed by atoms with van der Waals surface area (Å²) in [6.45, 7) is 30.8. The maximum Gasteiger partial charge on any atom is 0.0429 e. The van der Waals surface area contributed by atoms with Crippen molar-refractivity contribution in [2.75, 3.05) is 210 Å². The Labute approximate surface area is 404 Å². The molecule has 4 rings (SSSR count). The second kappa shape index (κ2) is 39.0. The van der Waals surface area contributed by atoms with Crippen molar-refractivity contribution in [1.29, 1.82) is 0 Å². The van der Waals surface area contributed by atoms with E-state index in [1.165, 1.54) is 77.0 Å². The summed E-state index contributed by atoms with van der Waals surface area (Å²) >= 11 is 0. The molecule has 66 heavy (non-hydrogen) atoms. The summed E-state index contributed by atoms with van der Waals surface area (Å²) in [5.74, 6) is 6.54. The molecule has 4 aliphatic rings. The summed E-state index contributed by atoms with van der Waals surface area (Å²) in [6, 6.07) is 2.98. The second-order valence-corrected chi connectivity index (χ2v) is 19.9.